The number of ether oxygens (including phenoxy) is 2. The fourth-order valence-electron chi connectivity index (χ4n) is 4.75. The Morgan fingerprint density at radius 3 is 2.63 bits per heavy atom. The number of carboxylic acids is 1. The number of aliphatic carboxylic acids is 1. The van der Waals surface area contributed by atoms with Crippen LogP contribution in [0.5, 0.6) is 5.75 Å². The highest BCUT2D eigenvalue weighted by Gasteiger charge is 2.27. The minimum atomic E-state index is -0.754. The highest BCUT2D eigenvalue weighted by atomic mass is 16.6. The van der Waals surface area contributed by atoms with Gasteiger partial charge in [-0.3, -0.25) is 4.79 Å². The van der Waals surface area contributed by atoms with E-state index in [-0.39, 0.29) is 24.7 Å². The van der Waals surface area contributed by atoms with E-state index in [2.05, 4.69) is 15.3 Å². The predicted molar refractivity (Wildman–Crippen MR) is 128 cm³/mol. The fourth-order valence-corrected chi connectivity index (χ4v) is 4.75. The largest absolute Gasteiger partial charge is 0.489 e. The maximum atomic E-state index is 12.4. The van der Waals surface area contributed by atoms with Crippen molar-refractivity contribution in [3.8, 4) is 17.1 Å². The zero-order valence-electron chi connectivity index (χ0n) is 20.8. The minimum absolute atomic E-state index is 0.0459. The van der Waals surface area contributed by atoms with Crippen molar-refractivity contribution >= 4 is 12.1 Å². The van der Waals surface area contributed by atoms with Crippen molar-refractivity contribution in [3.63, 3.8) is 0 Å². The number of carboxylic acid groups (broad SMARTS) is 1. The Balaban J connectivity index is 1.42. The molecule has 0 spiro atoms. The zero-order chi connectivity index (χ0) is 24.9. The van der Waals surface area contributed by atoms with E-state index in [0.717, 1.165) is 19.3 Å². The number of aromatic nitrogens is 4. The van der Waals surface area contributed by atoms with E-state index in [1.165, 1.54) is 19.3 Å². The van der Waals surface area contributed by atoms with E-state index < -0.39 is 5.97 Å². The molecule has 2 aliphatic rings. The third-order valence-electron chi connectivity index (χ3n) is 7.14. The van der Waals surface area contributed by atoms with Gasteiger partial charge < -0.3 is 19.5 Å². The molecule has 2 fully saturated rings. The highest BCUT2D eigenvalue weighted by Crippen LogP contribution is 2.30. The molecule has 0 aliphatic heterocycles. The van der Waals surface area contributed by atoms with Gasteiger partial charge in [-0.05, 0) is 63.5 Å². The third-order valence-corrected chi connectivity index (χ3v) is 7.14. The van der Waals surface area contributed by atoms with Gasteiger partial charge in [0.25, 0.3) is 0 Å². The Labute approximate surface area is 205 Å². The number of rotatable bonds is 8. The van der Waals surface area contributed by atoms with Crippen LogP contribution in [0.4, 0.5) is 4.79 Å². The Kier molecular flexibility index (Phi) is 7.87. The lowest BCUT2D eigenvalue weighted by molar-refractivity contribution is -0.142. The molecule has 2 aromatic heterocycles. The standard InChI is InChI=1S/C25H35N5O5/c1-16-22(35-19-10-5-4-9-18(13-19)24(31)32)12-11-20(26-16)23-21(30(3)28-27-23)15-34-25(33)29(2)14-17-7-6-8-17/h11-12,17-19H,4-10,13-15H2,1-3H3,(H,31,32)/t18-,19-/m0/s1. The molecule has 4 rings (SSSR count). The summed E-state index contributed by atoms with van der Waals surface area (Å²) in [4.78, 5) is 30.2. The quantitative estimate of drug-likeness (QED) is 0.558. The number of nitrogens with zero attached hydrogens (tertiary/aromatic N) is 5. The summed E-state index contributed by atoms with van der Waals surface area (Å²) in [6.07, 6.45) is 6.95. The molecule has 10 nitrogen and oxygen atoms in total. The Bertz CT molecular complexity index is 1050. The lowest BCUT2D eigenvalue weighted by Gasteiger charge is -2.29. The molecule has 10 heteroatoms. The van der Waals surface area contributed by atoms with Gasteiger partial charge >= 0.3 is 12.1 Å². The molecule has 1 amide bonds. The van der Waals surface area contributed by atoms with Crippen LogP contribution < -0.4 is 4.74 Å². The van der Waals surface area contributed by atoms with Crippen molar-refractivity contribution in [1.82, 2.24) is 24.9 Å². The first-order valence-electron chi connectivity index (χ1n) is 12.5. The molecule has 35 heavy (non-hydrogen) atoms. The van der Waals surface area contributed by atoms with Crippen LogP contribution in [0, 0.1) is 18.8 Å². The second-order valence-electron chi connectivity index (χ2n) is 9.82. The van der Waals surface area contributed by atoms with Crippen LogP contribution in [0.25, 0.3) is 11.4 Å². The molecule has 0 saturated heterocycles. The van der Waals surface area contributed by atoms with Crippen molar-refractivity contribution in [2.24, 2.45) is 18.9 Å². The monoisotopic (exact) mass is 485 g/mol. The molecule has 0 radical (unpaired) electrons. The van der Waals surface area contributed by atoms with Crippen molar-refractivity contribution in [2.45, 2.75) is 71.0 Å². The molecule has 2 saturated carbocycles. The van der Waals surface area contributed by atoms with Gasteiger partial charge in [0.05, 0.1) is 23.4 Å². The molecular formula is C25H35N5O5. The van der Waals surface area contributed by atoms with E-state index in [1.54, 1.807) is 23.7 Å². The molecule has 2 aliphatic carbocycles. The Morgan fingerprint density at radius 1 is 1.17 bits per heavy atom. The molecule has 190 valence electrons. The number of aryl methyl sites for hydroxylation is 2. The van der Waals surface area contributed by atoms with E-state index in [4.69, 9.17) is 9.47 Å². The first-order valence-corrected chi connectivity index (χ1v) is 12.5. The van der Waals surface area contributed by atoms with Crippen LogP contribution in [0.1, 0.15) is 62.8 Å². The number of carbonyl (C=O) groups excluding carboxylic acids is 1. The average Bonchev–Trinajstić information content (AvgIpc) is 3.00. The number of amides is 1. The lowest BCUT2D eigenvalue weighted by atomic mass is 9.85. The van der Waals surface area contributed by atoms with Crippen molar-refractivity contribution < 1.29 is 24.2 Å². The fraction of sp³-hybridized carbons (Fsp3) is 0.640. The maximum absolute atomic E-state index is 12.4. The lowest BCUT2D eigenvalue weighted by Crippen LogP contribution is -2.34. The van der Waals surface area contributed by atoms with Gasteiger partial charge in [-0.2, -0.15) is 0 Å². The van der Waals surface area contributed by atoms with Crippen LogP contribution in [0.15, 0.2) is 12.1 Å². The van der Waals surface area contributed by atoms with Crippen molar-refractivity contribution in [1.29, 1.82) is 0 Å². The summed E-state index contributed by atoms with van der Waals surface area (Å²) in [7, 11) is 3.52. The number of pyridine rings is 1. The summed E-state index contributed by atoms with van der Waals surface area (Å²) >= 11 is 0. The zero-order valence-corrected chi connectivity index (χ0v) is 20.8. The van der Waals surface area contributed by atoms with Gasteiger partial charge in [-0.1, -0.05) is 18.1 Å². The van der Waals surface area contributed by atoms with Crippen LogP contribution in [0.2, 0.25) is 0 Å². The van der Waals surface area contributed by atoms with Gasteiger partial charge in [-0.25, -0.2) is 14.5 Å². The molecule has 0 aromatic carbocycles. The van der Waals surface area contributed by atoms with Crippen LogP contribution >= 0.6 is 0 Å². The SMILES string of the molecule is Cc1nc(-c2nnn(C)c2COC(=O)N(C)CC2CCC2)ccc1O[C@H]1CCCC[C@H](C(=O)O)C1. The smallest absolute Gasteiger partial charge is 0.409 e. The van der Waals surface area contributed by atoms with Crippen LogP contribution in [-0.2, 0) is 23.2 Å². The van der Waals surface area contributed by atoms with Crippen LogP contribution in [0.3, 0.4) is 0 Å². The molecule has 2 heterocycles. The maximum Gasteiger partial charge on any atom is 0.409 e. The summed E-state index contributed by atoms with van der Waals surface area (Å²) < 4.78 is 13.3. The normalized spacial score (nSPS) is 20.5. The van der Waals surface area contributed by atoms with Crippen molar-refractivity contribution in [2.75, 3.05) is 13.6 Å². The molecule has 0 bridgehead atoms. The highest BCUT2D eigenvalue weighted by molar-refractivity contribution is 5.70. The summed E-state index contributed by atoms with van der Waals surface area (Å²) in [5, 5.41) is 17.8. The molecule has 0 unspecified atom stereocenters. The first-order chi connectivity index (χ1) is 16.8. The second kappa shape index (κ2) is 11.0. The second-order valence-corrected chi connectivity index (χ2v) is 9.82. The van der Waals surface area contributed by atoms with Gasteiger partial charge in [0.1, 0.15) is 23.7 Å². The van der Waals surface area contributed by atoms with Crippen molar-refractivity contribution in [3.05, 3.63) is 23.5 Å². The summed E-state index contributed by atoms with van der Waals surface area (Å²) in [5.41, 5.74) is 2.51. The molecule has 2 aromatic rings. The van der Waals surface area contributed by atoms with E-state index in [0.29, 0.717) is 53.8 Å². The van der Waals surface area contributed by atoms with E-state index in [1.807, 2.05) is 19.1 Å². The summed E-state index contributed by atoms with van der Waals surface area (Å²) in [5.74, 6) is 0.0881. The predicted octanol–water partition coefficient (Wildman–Crippen LogP) is 3.97. The Morgan fingerprint density at radius 2 is 1.94 bits per heavy atom. The van der Waals surface area contributed by atoms with E-state index >= 15 is 0 Å². The van der Waals surface area contributed by atoms with Gasteiger partial charge in [0, 0.05) is 20.6 Å². The minimum Gasteiger partial charge on any atom is -0.489 e. The average molecular weight is 486 g/mol. The van der Waals surface area contributed by atoms with Crippen LogP contribution in [-0.4, -0.2) is 61.7 Å². The van der Waals surface area contributed by atoms with Gasteiger partial charge in [0.2, 0.25) is 0 Å². The summed E-state index contributed by atoms with van der Waals surface area (Å²) in [6.45, 7) is 2.62. The molecule has 1 N–H and O–H groups in total. The molecular weight excluding hydrogens is 450 g/mol. The first kappa shape index (κ1) is 24.9. The number of carbonyl (C=O) groups is 2. The topological polar surface area (TPSA) is 120 Å². The van der Waals surface area contributed by atoms with Gasteiger partial charge in [-0.15, -0.1) is 5.10 Å². The number of hydrogen-bond donors (Lipinski definition) is 1. The number of hydrogen-bond acceptors (Lipinski definition) is 7. The van der Waals surface area contributed by atoms with Gasteiger partial charge in [0.15, 0.2) is 0 Å². The Hall–Kier alpha value is -3.17. The van der Waals surface area contributed by atoms with E-state index in [9.17, 15) is 14.7 Å². The summed E-state index contributed by atoms with van der Waals surface area (Å²) in [6, 6.07) is 3.65. The molecule has 2 atom stereocenters. The third kappa shape index (κ3) is 6.10.